The maximum atomic E-state index is 12.1. The van der Waals surface area contributed by atoms with Gasteiger partial charge in [-0.2, -0.15) is 10.2 Å². The molecule has 0 aromatic carbocycles. The summed E-state index contributed by atoms with van der Waals surface area (Å²) >= 11 is 0. The molecule has 9 nitrogen and oxygen atoms in total. The number of hydrogen-bond acceptors (Lipinski definition) is 6. The van der Waals surface area contributed by atoms with Gasteiger partial charge in [-0.25, -0.2) is 4.52 Å². The van der Waals surface area contributed by atoms with Gasteiger partial charge in [-0.1, -0.05) is 0 Å². The van der Waals surface area contributed by atoms with Crippen LogP contribution in [0.5, 0.6) is 5.75 Å². The molecule has 32 heavy (non-hydrogen) atoms. The lowest BCUT2D eigenvalue weighted by atomic mass is 9.99. The van der Waals surface area contributed by atoms with E-state index >= 15 is 0 Å². The van der Waals surface area contributed by atoms with Gasteiger partial charge in [0.25, 0.3) is 0 Å². The molecule has 2 aliphatic heterocycles. The van der Waals surface area contributed by atoms with Gasteiger partial charge in [-0.15, -0.1) is 0 Å². The third-order valence-corrected chi connectivity index (χ3v) is 6.74. The van der Waals surface area contributed by atoms with E-state index in [2.05, 4.69) is 26.5 Å². The Hall–Kier alpha value is -2.91. The fourth-order valence-corrected chi connectivity index (χ4v) is 4.46. The highest BCUT2D eigenvalue weighted by Crippen LogP contribution is 2.33. The number of nitrogens with one attached hydrogen (secondary N) is 1. The number of carbonyl (C=O) groups is 1. The predicted molar refractivity (Wildman–Crippen MR) is 119 cm³/mol. The zero-order chi connectivity index (χ0) is 21.7. The molecule has 3 aromatic heterocycles. The van der Waals surface area contributed by atoms with Crippen molar-refractivity contribution >= 4 is 17.2 Å². The van der Waals surface area contributed by atoms with Gasteiger partial charge in [0.1, 0.15) is 12.3 Å². The fourth-order valence-electron chi connectivity index (χ4n) is 4.46. The van der Waals surface area contributed by atoms with E-state index in [0.29, 0.717) is 24.4 Å². The Bertz CT molecular complexity index is 1150. The van der Waals surface area contributed by atoms with Crippen molar-refractivity contribution < 1.29 is 14.3 Å². The van der Waals surface area contributed by atoms with Gasteiger partial charge in [0.15, 0.2) is 11.6 Å². The number of carbonyl (C=O) groups excluding carboxylic acids is 1. The van der Waals surface area contributed by atoms with E-state index in [4.69, 9.17) is 9.47 Å². The zero-order valence-electron chi connectivity index (χ0n) is 18.2. The summed E-state index contributed by atoms with van der Waals surface area (Å²) in [5, 5.41) is 11.8. The summed E-state index contributed by atoms with van der Waals surface area (Å²) in [7, 11) is 1.93. The van der Waals surface area contributed by atoms with E-state index < -0.39 is 0 Å². The monoisotopic (exact) mass is 436 g/mol. The number of likely N-dealkylation sites (tertiary alicyclic amines) is 1. The average molecular weight is 437 g/mol. The number of amides is 1. The molecule has 3 aromatic rings. The fraction of sp³-hybridized carbons (Fsp3) is 0.522. The van der Waals surface area contributed by atoms with Crippen LogP contribution in [0.3, 0.4) is 0 Å². The minimum Gasteiger partial charge on any atom is -0.488 e. The van der Waals surface area contributed by atoms with Crippen LogP contribution in [0, 0.1) is 11.8 Å². The molecular weight excluding hydrogens is 408 g/mol. The number of aromatic nitrogens is 4. The molecule has 1 N–H and O–H groups in total. The minimum atomic E-state index is 0.0609. The van der Waals surface area contributed by atoms with E-state index in [-0.39, 0.29) is 11.8 Å². The third kappa shape index (κ3) is 3.75. The van der Waals surface area contributed by atoms with Gasteiger partial charge >= 0.3 is 0 Å². The Morgan fingerprint density at radius 3 is 2.88 bits per heavy atom. The highest BCUT2D eigenvalue weighted by Gasteiger charge is 2.33. The lowest BCUT2D eigenvalue weighted by Gasteiger charge is -2.44. The van der Waals surface area contributed by atoms with Crippen LogP contribution in [0.1, 0.15) is 19.3 Å². The van der Waals surface area contributed by atoms with Crippen LogP contribution >= 0.6 is 0 Å². The number of fused-ring (bicyclic) bond motifs is 1. The first-order chi connectivity index (χ1) is 15.6. The molecule has 9 heteroatoms. The van der Waals surface area contributed by atoms with Crippen molar-refractivity contribution in [3.63, 3.8) is 0 Å². The second-order valence-corrected chi connectivity index (χ2v) is 9.21. The van der Waals surface area contributed by atoms with E-state index in [0.717, 1.165) is 61.7 Å². The molecule has 168 valence electrons. The van der Waals surface area contributed by atoms with Crippen LogP contribution in [0.2, 0.25) is 0 Å². The number of nitrogens with zero attached hydrogens (tertiary/aromatic N) is 5. The summed E-state index contributed by atoms with van der Waals surface area (Å²) in [5.41, 5.74) is 2.86. The van der Waals surface area contributed by atoms with Crippen molar-refractivity contribution in [1.29, 1.82) is 0 Å². The lowest BCUT2D eigenvalue weighted by molar-refractivity contribution is -0.117. The number of aryl methyl sites for hydroxylation is 1. The Labute approximate surface area is 186 Å². The van der Waals surface area contributed by atoms with E-state index in [1.807, 2.05) is 30.1 Å². The number of hydrogen-bond donors (Lipinski definition) is 1. The van der Waals surface area contributed by atoms with Gasteiger partial charge in [0, 0.05) is 55.8 Å². The SMILES string of the molecule is Cn1ncc(OC[C@H]2CCN2CC2COC2)c1-c1ccn2nc(NC(=O)C3CC3)cc2c1. The maximum Gasteiger partial charge on any atom is 0.228 e. The molecule has 3 aliphatic rings. The van der Waals surface area contributed by atoms with Crippen LogP contribution < -0.4 is 10.1 Å². The van der Waals surface area contributed by atoms with Crippen LogP contribution in [0.4, 0.5) is 5.82 Å². The van der Waals surface area contributed by atoms with Gasteiger partial charge < -0.3 is 14.8 Å². The van der Waals surface area contributed by atoms with Gasteiger partial charge in [0.05, 0.1) is 24.9 Å². The highest BCUT2D eigenvalue weighted by atomic mass is 16.5. The molecule has 3 fully saturated rings. The van der Waals surface area contributed by atoms with Crippen LogP contribution in [-0.2, 0) is 16.6 Å². The van der Waals surface area contributed by atoms with Crippen LogP contribution in [-0.4, -0.2) is 69.2 Å². The van der Waals surface area contributed by atoms with Crippen LogP contribution in [0.25, 0.3) is 16.8 Å². The van der Waals surface area contributed by atoms with Crippen LogP contribution in [0.15, 0.2) is 30.6 Å². The number of rotatable bonds is 8. The summed E-state index contributed by atoms with van der Waals surface area (Å²) in [5.74, 6) is 2.26. The van der Waals surface area contributed by atoms with Crippen molar-refractivity contribution in [2.75, 3.05) is 38.2 Å². The normalized spacial score (nSPS) is 21.3. The zero-order valence-corrected chi connectivity index (χ0v) is 18.2. The van der Waals surface area contributed by atoms with Gasteiger partial charge in [0.2, 0.25) is 5.91 Å². The summed E-state index contributed by atoms with van der Waals surface area (Å²) in [6.45, 7) is 4.69. The molecule has 6 rings (SSSR count). The standard InChI is InChI=1S/C23H28N6O3/c1-27-22(20(10-24-27)32-14-18-5-6-28(18)11-15-12-31-13-15)17-4-7-29-19(8-17)9-21(26-29)25-23(30)16-2-3-16/h4,7-10,15-16,18H,2-3,5-6,11-14H2,1H3,(H,25,26,30)/t18-/m1/s1. The summed E-state index contributed by atoms with van der Waals surface area (Å²) in [4.78, 5) is 14.6. The third-order valence-electron chi connectivity index (χ3n) is 6.74. The molecule has 1 aliphatic carbocycles. The predicted octanol–water partition coefficient (Wildman–Crippen LogP) is 2.18. The Morgan fingerprint density at radius 1 is 1.28 bits per heavy atom. The number of pyridine rings is 1. The first kappa shape index (κ1) is 19.8. The van der Waals surface area contributed by atoms with Gasteiger partial charge in [-0.3, -0.25) is 14.4 Å². The van der Waals surface area contributed by atoms with Crippen molar-refractivity contribution in [3.05, 3.63) is 30.6 Å². The first-order valence-corrected chi connectivity index (χ1v) is 11.4. The summed E-state index contributed by atoms with van der Waals surface area (Å²) in [6, 6.07) is 6.41. The molecule has 0 unspecified atom stereocenters. The lowest BCUT2D eigenvalue weighted by Crippen LogP contribution is -2.54. The molecule has 2 saturated heterocycles. The van der Waals surface area contributed by atoms with Crippen molar-refractivity contribution in [3.8, 4) is 17.0 Å². The average Bonchev–Trinajstić information content (AvgIpc) is 3.41. The first-order valence-electron chi connectivity index (χ1n) is 11.4. The van der Waals surface area contributed by atoms with E-state index in [1.165, 1.54) is 6.42 Å². The summed E-state index contributed by atoms with van der Waals surface area (Å²) < 4.78 is 15.2. The summed E-state index contributed by atoms with van der Waals surface area (Å²) in [6.07, 6.45) is 6.81. The topological polar surface area (TPSA) is 85.9 Å². The molecule has 0 radical (unpaired) electrons. The van der Waals surface area contributed by atoms with E-state index in [9.17, 15) is 4.79 Å². The molecule has 0 spiro atoms. The minimum absolute atomic E-state index is 0.0609. The highest BCUT2D eigenvalue weighted by molar-refractivity contribution is 5.93. The van der Waals surface area contributed by atoms with E-state index in [1.54, 1.807) is 10.7 Å². The van der Waals surface area contributed by atoms with Crippen molar-refractivity contribution in [2.24, 2.45) is 18.9 Å². The molecule has 5 heterocycles. The Morgan fingerprint density at radius 2 is 2.16 bits per heavy atom. The Balaban J connectivity index is 1.17. The second kappa shape index (κ2) is 7.90. The molecule has 0 bridgehead atoms. The van der Waals surface area contributed by atoms with Crippen molar-refractivity contribution in [1.82, 2.24) is 24.3 Å². The largest absolute Gasteiger partial charge is 0.488 e. The number of anilines is 1. The molecular formula is C23H28N6O3. The van der Waals surface area contributed by atoms with Gasteiger partial charge in [-0.05, 0) is 31.4 Å². The quantitative estimate of drug-likeness (QED) is 0.583. The maximum absolute atomic E-state index is 12.1. The molecule has 1 saturated carbocycles. The Kier molecular flexibility index (Phi) is 4.87. The second-order valence-electron chi connectivity index (χ2n) is 9.21. The smallest absolute Gasteiger partial charge is 0.228 e. The molecule has 1 amide bonds. The van der Waals surface area contributed by atoms with Crippen molar-refractivity contribution in [2.45, 2.75) is 25.3 Å². The molecule has 1 atom stereocenters. The number of ether oxygens (including phenoxy) is 2.